The third kappa shape index (κ3) is 2.49. The molecule has 3 heterocycles. The molecule has 0 aliphatic heterocycles. The highest BCUT2D eigenvalue weighted by atomic mass is 32.1. The lowest BCUT2D eigenvalue weighted by Gasteiger charge is -2.04. The summed E-state index contributed by atoms with van der Waals surface area (Å²) in [5.41, 5.74) is 3.85. The van der Waals surface area contributed by atoms with Crippen LogP contribution in [-0.4, -0.2) is 35.1 Å². The average molecular weight is 352 g/mol. The summed E-state index contributed by atoms with van der Waals surface area (Å²) in [6, 6.07) is 9.94. The van der Waals surface area contributed by atoms with E-state index in [2.05, 4.69) is 32.9 Å². The minimum absolute atomic E-state index is 0.210. The number of rotatable bonds is 4. The van der Waals surface area contributed by atoms with E-state index >= 15 is 0 Å². The van der Waals surface area contributed by atoms with Crippen LogP contribution in [0.5, 0.6) is 0 Å². The predicted octanol–water partition coefficient (Wildman–Crippen LogP) is 1.99. The maximum Gasteiger partial charge on any atom is 0.283 e. The highest BCUT2D eigenvalue weighted by Crippen LogP contribution is 2.28. The summed E-state index contributed by atoms with van der Waals surface area (Å²) < 4.78 is 3.11. The van der Waals surface area contributed by atoms with E-state index < -0.39 is 0 Å². The Morgan fingerprint density at radius 2 is 1.92 bits per heavy atom. The van der Waals surface area contributed by atoms with Crippen LogP contribution >= 0.6 is 12.6 Å². The minimum atomic E-state index is -0.233. The van der Waals surface area contributed by atoms with E-state index in [1.54, 1.807) is 4.52 Å². The molecule has 0 bridgehead atoms. The SMILES string of the molecule is CCc1nn2c(nnc3c(=O)n(CCS)cnc32)c1-c1ccccc1. The molecule has 8 heteroatoms. The third-order valence-electron chi connectivity index (χ3n) is 4.11. The van der Waals surface area contributed by atoms with Gasteiger partial charge in [0.25, 0.3) is 5.56 Å². The zero-order valence-corrected chi connectivity index (χ0v) is 14.5. The molecule has 0 radical (unpaired) electrons. The maximum absolute atomic E-state index is 12.5. The van der Waals surface area contributed by atoms with E-state index in [1.165, 1.54) is 10.9 Å². The number of thiol groups is 1. The van der Waals surface area contributed by atoms with Crippen molar-refractivity contribution in [3.05, 3.63) is 52.7 Å². The van der Waals surface area contributed by atoms with Gasteiger partial charge in [0, 0.05) is 12.3 Å². The van der Waals surface area contributed by atoms with Crippen molar-refractivity contribution >= 4 is 29.4 Å². The Kier molecular flexibility index (Phi) is 3.96. The van der Waals surface area contributed by atoms with Crippen LogP contribution in [-0.2, 0) is 13.0 Å². The van der Waals surface area contributed by atoms with E-state index in [0.717, 1.165) is 23.2 Å². The Hall–Kier alpha value is -2.74. The van der Waals surface area contributed by atoms with Crippen molar-refractivity contribution in [3.8, 4) is 11.1 Å². The molecule has 7 nitrogen and oxygen atoms in total. The quantitative estimate of drug-likeness (QED) is 0.568. The summed E-state index contributed by atoms with van der Waals surface area (Å²) in [7, 11) is 0. The van der Waals surface area contributed by atoms with Crippen LogP contribution in [0.2, 0.25) is 0 Å². The minimum Gasteiger partial charge on any atom is -0.296 e. The van der Waals surface area contributed by atoms with Crippen molar-refractivity contribution in [1.29, 1.82) is 0 Å². The molecule has 3 aromatic heterocycles. The lowest BCUT2D eigenvalue weighted by molar-refractivity contribution is 0.716. The molecule has 1 aromatic carbocycles. The smallest absolute Gasteiger partial charge is 0.283 e. The molecule has 0 N–H and O–H groups in total. The lowest BCUT2D eigenvalue weighted by Crippen LogP contribution is -2.23. The summed E-state index contributed by atoms with van der Waals surface area (Å²) in [6.45, 7) is 2.51. The monoisotopic (exact) mass is 352 g/mol. The van der Waals surface area contributed by atoms with Crippen LogP contribution in [0.3, 0.4) is 0 Å². The van der Waals surface area contributed by atoms with Gasteiger partial charge in [0.05, 0.1) is 11.3 Å². The van der Waals surface area contributed by atoms with E-state index in [4.69, 9.17) is 0 Å². The molecule has 0 atom stereocenters. The highest BCUT2D eigenvalue weighted by molar-refractivity contribution is 7.80. The van der Waals surface area contributed by atoms with Crippen LogP contribution in [0.4, 0.5) is 0 Å². The molecule has 25 heavy (non-hydrogen) atoms. The van der Waals surface area contributed by atoms with Crippen LogP contribution in [0.25, 0.3) is 27.9 Å². The number of fused-ring (bicyclic) bond motifs is 3. The molecule has 0 amide bonds. The summed E-state index contributed by atoms with van der Waals surface area (Å²) in [5, 5.41) is 13.1. The highest BCUT2D eigenvalue weighted by Gasteiger charge is 2.19. The molecular weight excluding hydrogens is 336 g/mol. The van der Waals surface area contributed by atoms with E-state index in [0.29, 0.717) is 23.6 Å². The first-order chi connectivity index (χ1) is 12.2. The summed E-state index contributed by atoms with van der Waals surface area (Å²) in [6.07, 6.45) is 2.25. The fourth-order valence-corrected chi connectivity index (χ4v) is 3.13. The molecule has 0 aliphatic rings. The zero-order valence-electron chi connectivity index (χ0n) is 13.6. The van der Waals surface area contributed by atoms with Gasteiger partial charge in [0.1, 0.15) is 6.33 Å². The van der Waals surface area contributed by atoms with Gasteiger partial charge in [-0.3, -0.25) is 9.36 Å². The van der Waals surface area contributed by atoms with Crippen molar-refractivity contribution in [2.24, 2.45) is 0 Å². The van der Waals surface area contributed by atoms with Crippen LogP contribution in [0.15, 0.2) is 41.5 Å². The number of hydrogen-bond acceptors (Lipinski definition) is 6. The molecule has 4 rings (SSSR count). The topological polar surface area (TPSA) is 78.0 Å². The predicted molar refractivity (Wildman–Crippen MR) is 99.0 cm³/mol. The van der Waals surface area contributed by atoms with Gasteiger partial charge in [0.2, 0.25) is 0 Å². The van der Waals surface area contributed by atoms with Gasteiger partial charge >= 0.3 is 0 Å². The first-order valence-corrected chi connectivity index (χ1v) is 8.67. The standard InChI is InChI=1S/C17H16N6OS/c1-2-12-13(11-6-4-3-5-7-11)15-20-19-14-16(23(15)21-12)18-10-22(8-9-25)17(14)24/h3-7,10,25H,2,8-9H2,1H3. The Labute approximate surface area is 148 Å². The molecule has 0 unspecified atom stereocenters. The van der Waals surface area contributed by atoms with Gasteiger partial charge in [-0.15, -0.1) is 10.2 Å². The summed E-state index contributed by atoms with van der Waals surface area (Å²) in [4.78, 5) is 16.9. The van der Waals surface area contributed by atoms with Gasteiger partial charge in [-0.05, 0) is 12.0 Å². The number of aromatic nitrogens is 6. The van der Waals surface area contributed by atoms with Gasteiger partial charge in [-0.25, -0.2) is 4.98 Å². The van der Waals surface area contributed by atoms with Gasteiger partial charge < -0.3 is 0 Å². The Morgan fingerprint density at radius 3 is 2.64 bits per heavy atom. The molecule has 0 spiro atoms. The zero-order chi connectivity index (χ0) is 17.4. The largest absolute Gasteiger partial charge is 0.296 e. The van der Waals surface area contributed by atoms with E-state index in [9.17, 15) is 4.79 Å². The van der Waals surface area contributed by atoms with Gasteiger partial charge in [-0.2, -0.15) is 22.2 Å². The van der Waals surface area contributed by atoms with E-state index in [1.807, 2.05) is 37.3 Å². The van der Waals surface area contributed by atoms with Crippen molar-refractivity contribution in [1.82, 2.24) is 29.4 Å². The van der Waals surface area contributed by atoms with Crippen LogP contribution < -0.4 is 5.56 Å². The maximum atomic E-state index is 12.5. The molecule has 0 saturated heterocycles. The van der Waals surface area contributed by atoms with Crippen LogP contribution in [0, 0.1) is 0 Å². The van der Waals surface area contributed by atoms with Gasteiger partial charge in [0.15, 0.2) is 16.8 Å². The van der Waals surface area contributed by atoms with Crippen molar-refractivity contribution < 1.29 is 0 Å². The molecule has 0 aliphatic carbocycles. The van der Waals surface area contributed by atoms with Crippen molar-refractivity contribution in [3.63, 3.8) is 0 Å². The second-order valence-corrected chi connectivity index (χ2v) is 6.06. The Balaban J connectivity index is 2.05. The Morgan fingerprint density at radius 1 is 1.12 bits per heavy atom. The normalized spacial score (nSPS) is 11.4. The lowest BCUT2D eigenvalue weighted by atomic mass is 10.0. The number of hydrogen-bond donors (Lipinski definition) is 1. The number of nitrogens with zero attached hydrogens (tertiary/aromatic N) is 6. The van der Waals surface area contributed by atoms with Crippen molar-refractivity contribution in [2.45, 2.75) is 19.9 Å². The first-order valence-electron chi connectivity index (χ1n) is 8.04. The summed E-state index contributed by atoms with van der Waals surface area (Å²) >= 11 is 4.16. The molecule has 0 saturated carbocycles. The fourth-order valence-electron chi connectivity index (χ4n) is 2.92. The second kappa shape index (κ2) is 6.29. The Bertz CT molecular complexity index is 1120. The molecule has 126 valence electrons. The van der Waals surface area contributed by atoms with Gasteiger partial charge in [-0.1, -0.05) is 37.3 Å². The van der Waals surface area contributed by atoms with Crippen molar-refractivity contribution in [2.75, 3.05) is 5.75 Å². The fraction of sp³-hybridized carbons (Fsp3) is 0.235. The third-order valence-corrected chi connectivity index (χ3v) is 4.31. The second-order valence-electron chi connectivity index (χ2n) is 5.62. The molecule has 4 aromatic rings. The number of benzene rings is 1. The average Bonchev–Trinajstić information content (AvgIpc) is 3.03. The first kappa shape index (κ1) is 15.8. The summed E-state index contributed by atoms with van der Waals surface area (Å²) in [5.74, 6) is 0.544. The van der Waals surface area contributed by atoms with Crippen LogP contribution in [0.1, 0.15) is 12.6 Å². The number of aryl methyl sites for hydroxylation is 2. The van der Waals surface area contributed by atoms with E-state index in [-0.39, 0.29) is 11.1 Å². The molecule has 0 fully saturated rings. The molecular formula is C17H16N6OS.